The molecule has 204 valence electrons. The summed E-state index contributed by atoms with van der Waals surface area (Å²) < 4.78 is 13.4. The molecule has 0 spiro atoms. The topological polar surface area (TPSA) is 90.1 Å². The average molecular weight is 563 g/mol. The number of thiazole rings is 1. The van der Waals surface area contributed by atoms with Crippen LogP contribution in [0.4, 0.5) is 0 Å². The number of phenols is 1. The SMILES string of the molecule is CCOC(=O)C1=C(c2ccccc2)N=c2s/c(=C\c3ccccc3O)c(=O)n2[C@@H]1c1c(OC)ccc2ccccc12. The Labute approximate surface area is 239 Å². The molecule has 0 radical (unpaired) electrons. The zero-order valence-electron chi connectivity index (χ0n) is 22.4. The predicted octanol–water partition coefficient (Wildman–Crippen LogP) is 4.80. The number of hydrogen-bond acceptors (Lipinski definition) is 7. The molecule has 0 saturated carbocycles. The molecule has 1 aliphatic rings. The van der Waals surface area contributed by atoms with Gasteiger partial charge in [0, 0.05) is 16.7 Å². The number of aromatic nitrogens is 1. The van der Waals surface area contributed by atoms with Gasteiger partial charge in [0.2, 0.25) is 0 Å². The molecule has 4 aromatic carbocycles. The van der Waals surface area contributed by atoms with Crippen molar-refractivity contribution in [2.75, 3.05) is 13.7 Å². The van der Waals surface area contributed by atoms with Crippen molar-refractivity contribution in [1.82, 2.24) is 4.57 Å². The van der Waals surface area contributed by atoms with Crippen molar-refractivity contribution in [3.05, 3.63) is 133 Å². The van der Waals surface area contributed by atoms with E-state index >= 15 is 0 Å². The van der Waals surface area contributed by atoms with Crippen LogP contribution < -0.4 is 19.6 Å². The maximum atomic E-state index is 14.2. The van der Waals surface area contributed by atoms with E-state index in [0.29, 0.717) is 31.9 Å². The van der Waals surface area contributed by atoms with Crippen LogP contribution in [0, 0.1) is 0 Å². The Bertz CT molecular complexity index is 2010. The maximum Gasteiger partial charge on any atom is 0.338 e. The van der Waals surface area contributed by atoms with Crippen molar-refractivity contribution in [2.24, 2.45) is 4.99 Å². The third-order valence-corrected chi connectivity index (χ3v) is 8.00. The van der Waals surface area contributed by atoms with Crippen LogP contribution in [0.3, 0.4) is 0 Å². The van der Waals surface area contributed by atoms with Gasteiger partial charge in [0.25, 0.3) is 5.56 Å². The first-order valence-corrected chi connectivity index (χ1v) is 14.0. The van der Waals surface area contributed by atoms with Gasteiger partial charge < -0.3 is 14.6 Å². The fourth-order valence-corrected chi connectivity index (χ4v) is 6.19. The van der Waals surface area contributed by atoms with E-state index in [1.807, 2.05) is 66.7 Å². The molecule has 8 heteroatoms. The summed E-state index contributed by atoms with van der Waals surface area (Å²) in [5, 5.41) is 12.2. The first-order valence-electron chi connectivity index (χ1n) is 13.1. The van der Waals surface area contributed by atoms with Gasteiger partial charge in [0.1, 0.15) is 17.5 Å². The quantitative estimate of drug-likeness (QED) is 0.300. The summed E-state index contributed by atoms with van der Waals surface area (Å²) in [5.41, 5.74) is 2.22. The summed E-state index contributed by atoms with van der Waals surface area (Å²) >= 11 is 1.20. The lowest BCUT2D eigenvalue weighted by Crippen LogP contribution is -2.40. The summed E-state index contributed by atoms with van der Waals surface area (Å²) in [5.74, 6) is 0.0213. The lowest BCUT2D eigenvalue weighted by molar-refractivity contribution is -0.138. The number of rotatable bonds is 6. The number of carbonyl (C=O) groups is 1. The Morgan fingerprint density at radius 1 is 1.00 bits per heavy atom. The number of methoxy groups -OCH3 is 1. The molecule has 7 nitrogen and oxygen atoms in total. The van der Waals surface area contributed by atoms with Crippen molar-refractivity contribution >= 4 is 39.9 Å². The number of phenolic OH excluding ortho intramolecular Hbond substituents is 1. The molecular formula is C33H26N2O5S. The van der Waals surface area contributed by atoms with Crippen LogP contribution in [0.15, 0.2) is 106 Å². The zero-order chi connectivity index (χ0) is 28.5. The summed E-state index contributed by atoms with van der Waals surface area (Å²) in [7, 11) is 1.57. The van der Waals surface area contributed by atoms with Gasteiger partial charge in [-0.1, -0.05) is 90.2 Å². The molecule has 2 heterocycles. The van der Waals surface area contributed by atoms with E-state index in [1.54, 1.807) is 48.9 Å². The highest BCUT2D eigenvalue weighted by Crippen LogP contribution is 2.42. The van der Waals surface area contributed by atoms with Gasteiger partial charge in [-0.3, -0.25) is 9.36 Å². The largest absolute Gasteiger partial charge is 0.507 e. The minimum absolute atomic E-state index is 0.0581. The highest BCUT2D eigenvalue weighted by atomic mass is 32.1. The number of hydrogen-bond donors (Lipinski definition) is 1. The van der Waals surface area contributed by atoms with Crippen LogP contribution in [0.5, 0.6) is 11.5 Å². The van der Waals surface area contributed by atoms with Crippen LogP contribution in [0.1, 0.15) is 29.7 Å². The van der Waals surface area contributed by atoms with Gasteiger partial charge in [-0.25, -0.2) is 9.79 Å². The molecule has 1 aromatic heterocycles. The molecule has 1 aliphatic heterocycles. The van der Waals surface area contributed by atoms with E-state index in [-0.39, 0.29) is 23.5 Å². The monoisotopic (exact) mass is 562 g/mol. The Hall–Kier alpha value is -4.95. The molecule has 0 amide bonds. The fraction of sp³-hybridized carbons (Fsp3) is 0.121. The number of nitrogens with zero attached hydrogens (tertiary/aromatic N) is 2. The molecule has 41 heavy (non-hydrogen) atoms. The predicted molar refractivity (Wildman–Crippen MR) is 160 cm³/mol. The smallest absolute Gasteiger partial charge is 0.338 e. The number of aromatic hydroxyl groups is 1. The van der Waals surface area contributed by atoms with Crippen molar-refractivity contribution in [2.45, 2.75) is 13.0 Å². The van der Waals surface area contributed by atoms with E-state index in [0.717, 1.165) is 16.3 Å². The first kappa shape index (κ1) is 26.3. The molecule has 0 fully saturated rings. The maximum absolute atomic E-state index is 14.2. The summed E-state index contributed by atoms with van der Waals surface area (Å²) in [6.07, 6.45) is 1.65. The Kier molecular flexibility index (Phi) is 6.99. The number of carbonyl (C=O) groups excluding carboxylic acids is 1. The molecule has 0 bridgehead atoms. The van der Waals surface area contributed by atoms with Crippen molar-refractivity contribution in [3.8, 4) is 11.5 Å². The summed E-state index contributed by atoms with van der Waals surface area (Å²) in [6.45, 7) is 1.90. The highest BCUT2D eigenvalue weighted by Gasteiger charge is 2.37. The number of para-hydroxylation sites is 1. The molecule has 6 rings (SSSR count). The summed E-state index contributed by atoms with van der Waals surface area (Å²) in [4.78, 5) is 33.3. The molecule has 0 aliphatic carbocycles. The second-order valence-corrected chi connectivity index (χ2v) is 10.4. The molecule has 1 N–H and O–H groups in total. The molecular weight excluding hydrogens is 536 g/mol. The van der Waals surface area contributed by atoms with Gasteiger partial charge in [-0.05, 0) is 35.9 Å². The number of ether oxygens (including phenoxy) is 2. The number of esters is 1. The lowest BCUT2D eigenvalue weighted by Gasteiger charge is -2.28. The van der Waals surface area contributed by atoms with E-state index in [2.05, 4.69) is 0 Å². The first-order chi connectivity index (χ1) is 20.0. The molecule has 0 saturated heterocycles. The Balaban J connectivity index is 1.76. The lowest BCUT2D eigenvalue weighted by atomic mass is 9.89. The number of benzene rings is 4. The zero-order valence-corrected chi connectivity index (χ0v) is 23.2. The third-order valence-electron chi connectivity index (χ3n) is 7.02. The van der Waals surface area contributed by atoms with E-state index < -0.39 is 12.0 Å². The van der Waals surface area contributed by atoms with Crippen LogP contribution in [0.2, 0.25) is 0 Å². The average Bonchev–Trinajstić information content (AvgIpc) is 3.31. The highest BCUT2D eigenvalue weighted by molar-refractivity contribution is 7.07. The molecule has 5 aromatic rings. The Morgan fingerprint density at radius 2 is 1.73 bits per heavy atom. The van der Waals surface area contributed by atoms with Gasteiger partial charge >= 0.3 is 5.97 Å². The molecule has 0 unspecified atom stereocenters. The van der Waals surface area contributed by atoms with E-state index in [9.17, 15) is 14.7 Å². The van der Waals surface area contributed by atoms with Gasteiger partial charge in [-0.2, -0.15) is 0 Å². The minimum Gasteiger partial charge on any atom is -0.507 e. The van der Waals surface area contributed by atoms with Crippen molar-refractivity contribution in [3.63, 3.8) is 0 Å². The van der Waals surface area contributed by atoms with Crippen LogP contribution >= 0.6 is 11.3 Å². The molecule has 1 atom stereocenters. The normalized spacial score (nSPS) is 15.0. The van der Waals surface area contributed by atoms with Crippen LogP contribution in [0.25, 0.3) is 22.5 Å². The van der Waals surface area contributed by atoms with E-state index in [1.165, 1.54) is 11.3 Å². The fourth-order valence-electron chi connectivity index (χ4n) is 5.20. The minimum atomic E-state index is -0.895. The third kappa shape index (κ3) is 4.62. The van der Waals surface area contributed by atoms with Gasteiger partial charge in [0.15, 0.2) is 4.80 Å². The van der Waals surface area contributed by atoms with E-state index in [4.69, 9.17) is 14.5 Å². The van der Waals surface area contributed by atoms with Crippen LogP contribution in [-0.4, -0.2) is 29.4 Å². The Morgan fingerprint density at radius 3 is 2.49 bits per heavy atom. The van der Waals surface area contributed by atoms with Crippen molar-refractivity contribution < 1.29 is 19.4 Å². The number of fused-ring (bicyclic) bond motifs is 2. The second-order valence-electron chi connectivity index (χ2n) is 9.39. The second kappa shape index (κ2) is 10.9. The van der Waals surface area contributed by atoms with Gasteiger partial charge in [-0.15, -0.1) is 0 Å². The summed E-state index contributed by atoms with van der Waals surface area (Å²) in [6, 6.07) is 26.9. The van der Waals surface area contributed by atoms with Gasteiger partial charge in [0.05, 0.1) is 29.5 Å². The standard InChI is InChI=1S/C33H26N2O5S/c1-3-40-32(38)28-29(21-12-5-4-6-13-21)34-33-35(31(37)26(41-33)19-22-14-8-10-16-24(22)36)30(28)27-23-15-9-7-11-20(23)17-18-25(27)39-2/h4-19,30,36H,3H2,1-2H3/b26-19-/t30-/m1/s1. The van der Waals surface area contributed by atoms with Crippen molar-refractivity contribution in [1.29, 1.82) is 0 Å². The van der Waals surface area contributed by atoms with Crippen LogP contribution in [-0.2, 0) is 9.53 Å².